The minimum absolute atomic E-state index is 0.0253. The third-order valence-corrected chi connectivity index (χ3v) is 4.00. The van der Waals surface area contributed by atoms with Crippen molar-refractivity contribution in [2.45, 2.75) is 37.8 Å². The van der Waals surface area contributed by atoms with E-state index in [9.17, 15) is 0 Å². The molecule has 0 saturated carbocycles. The Morgan fingerprint density at radius 3 is 2.58 bits per heavy atom. The molecule has 102 valence electrons. The molecule has 0 fully saturated rings. The molecule has 2 N–H and O–H groups in total. The lowest BCUT2D eigenvalue weighted by Gasteiger charge is -2.13. The maximum atomic E-state index is 6.30. The van der Waals surface area contributed by atoms with Crippen LogP contribution in [0.2, 0.25) is 0 Å². The molecule has 0 aliphatic heterocycles. The van der Waals surface area contributed by atoms with Gasteiger partial charge in [-0.3, -0.25) is 4.68 Å². The van der Waals surface area contributed by atoms with Gasteiger partial charge in [-0.2, -0.15) is 5.10 Å². The summed E-state index contributed by atoms with van der Waals surface area (Å²) in [6, 6.07) is 10.6. The number of nitrogens with two attached hydrogens (primary N) is 1. The van der Waals surface area contributed by atoms with E-state index in [1.54, 1.807) is 11.8 Å². The van der Waals surface area contributed by atoms with E-state index in [4.69, 9.17) is 5.73 Å². The molecule has 2 rings (SSSR count). The average molecular weight is 275 g/mol. The fraction of sp³-hybridized carbons (Fsp3) is 0.400. The first-order valence-corrected chi connectivity index (χ1v) is 7.79. The number of aromatic nitrogens is 2. The van der Waals surface area contributed by atoms with E-state index >= 15 is 0 Å². The smallest absolute Gasteiger partial charge is 0.0596 e. The molecule has 0 saturated heterocycles. The van der Waals surface area contributed by atoms with Crippen molar-refractivity contribution in [3.63, 3.8) is 0 Å². The third-order valence-electron chi connectivity index (χ3n) is 3.26. The Balaban J connectivity index is 2.12. The van der Waals surface area contributed by atoms with Gasteiger partial charge in [-0.05, 0) is 43.9 Å². The Morgan fingerprint density at radius 2 is 2.00 bits per heavy atom. The predicted molar refractivity (Wildman–Crippen MR) is 81.5 cm³/mol. The summed E-state index contributed by atoms with van der Waals surface area (Å²) in [5, 5.41) is 4.46. The quantitative estimate of drug-likeness (QED) is 0.852. The summed E-state index contributed by atoms with van der Waals surface area (Å²) in [4.78, 5) is 1.27. The number of benzene rings is 1. The molecule has 1 unspecified atom stereocenters. The van der Waals surface area contributed by atoms with Crippen molar-refractivity contribution < 1.29 is 0 Å². The molecule has 4 heteroatoms. The highest BCUT2D eigenvalue weighted by Gasteiger charge is 2.11. The van der Waals surface area contributed by atoms with Crippen LogP contribution in [0.1, 0.15) is 29.9 Å². The summed E-state index contributed by atoms with van der Waals surface area (Å²) >= 11 is 1.75. The minimum atomic E-state index is 0.0253. The van der Waals surface area contributed by atoms with Crippen molar-refractivity contribution >= 4 is 11.8 Å². The van der Waals surface area contributed by atoms with Gasteiger partial charge in [0.2, 0.25) is 0 Å². The molecular formula is C15H21N3S. The molecule has 0 aliphatic rings. The van der Waals surface area contributed by atoms with Crippen LogP contribution in [0.5, 0.6) is 0 Å². The van der Waals surface area contributed by atoms with Gasteiger partial charge < -0.3 is 5.73 Å². The highest BCUT2D eigenvalue weighted by atomic mass is 32.2. The first-order chi connectivity index (χ1) is 9.13. The van der Waals surface area contributed by atoms with Crippen LogP contribution in [0, 0.1) is 6.92 Å². The fourth-order valence-electron chi connectivity index (χ4n) is 2.23. The van der Waals surface area contributed by atoms with E-state index in [1.807, 2.05) is 11.6 Å². The van der Waals surface area contributed by atoms with Gasteiger partial charge >= 0.3 is 0 Å². The van der Waals surface area contributed by atoms with Gasteiger partial charge in [0.05, 0.1) is 5.69 Å². The van der Waals surface area contributed by atoms with E-state index in [1.165, 1.54) is 16.2 Å². The largest absolute Gasteiger partial charge is 0.324 e. The second-order valence-electron chi connectivity index (χ2n) is 4.68. The zero-order chi connectivity index (χ0) is 13.8. The number of hydrogen-bond acceptors (Lipinski definition) is 3. The van der Waals surface area contributed by atoms with Gasteiger partial charge in [0.25, 0.3) is 0 Å². The fourth-order valence-corrected chi connectivity index (χ4v) is 2.64. The molecule has 1 aromatic carbocycles. The molecule has 3 nitrogen and oxygen atoms in total. The van der Waals surface area contributed by atoms with Gasteiger partial charge in [-0.15, -0.1) is 11.8 Å². The Hall–Kier alpha value is -1.26. The van der Waals surface area contributed by atoms with E-state index < -0.39 is 0 Å². The molecule has 2 aromatic rings. The summed E-state index contributed by atoms with van der Waals surface area (Å²) in [6.07, 6.45) is 2.91. The molecular weight excluding hydrogens is 254 g/mol. The third kappa shape index (κ3) is 3.39. The monoisotopic (exact) mass is 275 g/mol. The van der Waals surface area contributed by atoms with Crippen LogP contribution in [-0.4, -0.2) is 16.0 Å². The Labute approximate surface area is 119 Å². The Kier molecular flexibility index (Phi) is 4.66. The van der Waals surface area contributed by atoms with Crippen molar-refractivity contribution in [2.24, 2.45) is 5.73 Å². The van der Waals surface area contributed by atoms with Crippen molar-refractivity contribution in [2.75, 3.05) is 6.26 Å². The van der Waals surface area contributed by atoms with Crippen molar-refractivity contribution in [3.8, 4) is 0 Å². The zero-order valence-corrected chi connectivity index (χ0v) is 12.6. The van der Waals surface area contributed by atoms with Crippen LogP contribution in [0.3, 0.4) is 0 Å². The lowest BCUT2D eigenvalue weighted by atomic mass is 10.0. The van der Waals surface area contributed by atoms with Gasteiger partial charge in [0.1, 0.15) is 0 Å². The van der Waals surface area contributed by atoms with Crippen LogP contribution in [0.15, 0.2) is 35.2 Å². The number of hydrogen-bond donors (Lipinski definition) is 1. The first kappa shape index (κ1) is 14.2. The second kappa shape index (κ2) is 6.26. The average Bonchev–Trinajstić information content (AvgIpc) is 2.78. The lowest BCUT2D eigenvalue weighted by molar-refractivity contribution is 0.587. The summed E-state index contributed by atoms with van der Waals surface area (Å²) < 4.78 is 2.03. The molecule has 1 aromatic heterocycles. The SMILES string of the molecule is CCn1nc(C)cc1CC(N)c1ccc(SC)cc1. The molecule has 0 radical (unpaired) electrons. The minimum Gasteiger partial charge on any atom is -0.324 e. The molecule has 1 atom stereocenters. The van der Waals surface area contributed by atoms with Gasteiger partial charge in [-0.25, -0.2) is 0 Å². The molecule has 0 spiro atoms. The number of nitrogens with zero attached hydrogens (tertiary/aromatic N) is 2. The normalized spacial score (nSPS) is 12.6. The van der Waals surface area contributed by atoms with Crippen molar-refractivity contribution in [1.82, 2.24) is 9.78 Å². The summed E-state index contributed by atoms with van der Waals surface area (Å²) in [6.45, 7) is 5.02. The van der Waals surface area contributed by atoms with Crippen LogP contribution in [0.4, 0.5) is 0 Å². The molecule has 0 aliphatic carbocycles. The Bertz CT molecular complexity index is 531. The van der Waals surface area contributed by atoms with Gasteiger partial charge in [0, 0.05) is 29.6 Å². The molecule has 1 heterocycles. The molecule has 19 heavy (non-hydrogen) atoms. The van der Waals surface area contributed by atoms with E-state index in [-0.39, 0.29) is 6.04 Å². The van der Waals surface area contributed by atoms with Crippen molar-refractivity contribution in [3.05, 3.63) is 47.3 Å². The van der Waals surface area contributed by atoms with Crippen LogP contribution in [0.25, 0.3) is 0 Å². The highest BCUT2D eigenvalue weighted by Crippen LogP contribution is 2.20. The first-order valence-electron chi connectivity index (χ1n) is 6.57. The lowest BCUT2D eigenvalue weighted by Crippen LogP contribution is -2.16. The number of aryl methyl sites for hydroxylation is 2. The number of thioether (sulfide) groups is 1. The summed E-state index contributed by atoms with van der Waals surface area (Å²) in [5.74, 6) is 0. The zero-order valence-electron chi connectivity index (χ0n) is 11.8. The summed E-state index contributed by atoms with van der Waals surface area (Å²) in [7, 11) is 0. The standard InChI is InChI=1S/C15H21N3S/c1-4-18-13(9-11(2)17-18)10-15(16)12-5-7-14(19-3)8-6-12/h5-9,15H,4,10,16H2,1-3H3. The summed E-state index contributed by atoms with van der Waals surface area (Å²) in [5.41, 5.74) is 9.75. The van der Waals surface area contributed by atoms with E-state index in [2.05, 4.69) is 48.6 Å². The van der Waals surface area contributed by atoms with Crippen molar-refractivity contribution in [1.29, 1.82) is 0 Å². The molecule has 0 bridgehead atoms. The maximum absolute atomic E-state index is 6.30. The number of rotatable bonds is 5. The highest BCUT2D eigenvalue weighted by molar-refractivity contribution is 7.98. The van der Waals surface area contributed by atoms with Crippen LogP contribution >= 0.6 is 11.8 Å². The van der Waals surface area contributed by atoms with Crippen LogP contribution in [-0.2, 0) is 13.0 Å². The van der Waals surface area contributed by atoms with Gasteiger partial charge in [0.15, 0.2) is 0 Å². The van der Waals surface area contributed by atoms with E-state index in [0.29, 0.717) is 0 Å². The predicted octanol–water partition coefficient (Wildman–Crippen LogP) is 3.18. The maximum Gasteiger partial charge on any atom is 0.0596 e. The van der Waals surface area contributed by atoms with Gasteiger partial charge in [-0.1, -0.05) is 12.1 Å². The second-order valence-corrected chi connectivity index (χ2v) is 5.56. The topological polar surface area (TPSA) is 43.8 Å². The van der Waals surface area contributed by atoms with Crippen LogP contribution < -0.4 is 5.73 Å². The van der Waals surface area contributed by atoms with E-state index in [0.717, 1.165) is 18.7 Å². The Morgan fingerprint density at radius 1 is 1.32 bits per heavy atom. The molecule has 0 amide bonds.